The average molecular weight is 464 g/mol. The molecule has 2 heterocycles. The molecule has 11 heteroatoms. The van der Waals surface area contributed by atoms with Gasteiger partial charge in [0.15, 0.2) is 17.6 Å². The monoisotopic (exact) mass is 464 g/mol. The minimum absolute atomic E-state index is 0.00419. The van der Waals surface area contributed by atoms with E-state index in [0.717, 1.165) is 6.07 Å². The van der Waals surface area contributed by atoms with Crippen LogP contribution in [-0.2, 0) is 9.47 Å². The van der Waals surface area contributed by atoms with Crippen LogP contribution in [0.15, 0.2) is 30.0 Å². The Balaban J connectivity index is 1.78. The Morgan fingerprint density at radius 1 is 0.879 bits per heavy atom. The maximum atomic E-state index is 10.4. The number of methoxy groups -OCH3 is 1. The molecule has 0 radical (unpaired) electrons. The zero-order chi connectivity index (χ0) is 24.0. The Morgan fingerprint density at radius 3 is 2.30 bits per heavy atom. The van der Waals surface area contributed by atoms with E-state index in [1.165, 1.54) is 38.3 Å². The lowest BCUT2D eigenvalue weighted by Crippen LogP contribution is -2.57. The highest BCUT2D eigenvalue weighted by Crippen LogP contribution is 2.47. The summed E-state index contributed by atoms with van der Waals surface area (Å²) in [6.45, 7) is 1.49. The number of hydrogen-bond acceptors (Lipinski definition) is 11. The first-order valence-electron chi connectivity index (χ1n) is 10.0. The summed E-state index contributed by atoms with van der Waals surface area (Å²) in [5.74, 6) is -1.54. The number of hydrogen-bond donors (Lipinski definition) is 7. The van der Waals surface area contributed by atoms with Gasteiger partial charge in [0.05, 0.1) is 18.8 Å². The Morgan fingerprint density at radius 2 is 1.61 bits per heavy atom. The zero-order valence-corrected chi connectivity index (χ0v) is 17.6. The van der Waals surface area contributed by atoms with Gasteiger partial charge in [0.2, 0.25) is 12.0 Å². The molecule has 4 rings (SSSR count). The molecule has 11 nitrogen and oxygen atoms in total. The Bertz CT molecular complexity index is 1080. The molecule has 6 unspecified atom stereocenters. The van der Waals surface area contributed by atoms with Crippen LogP contribution in [0.3, 0.4) is 0 Å². The molecule has 2 aliphatic heterocycles. The number of phenolic OH excluding ortho intramolecular Hbond substituents is 4. The summed E-state index contributed by atoms with van der Waals surface area (Å²) in [6, 6.07) is 4.94. The third-order valence-electron chi connectivity index (χ3n) is 5.56. The van der Waals surface area contributed by atoms with Crippen LogP contribution < -0.4 is 9.47 Å². The summed E-state index contributed by atoms with van der Waals surface area (Å²) in [7, 11) is 1.29. The van der Waals surface area contributed by atoms with E-state index in [4.69, 9.17) is 18.9 Å². The number of aliphatic hydroxyl groups excluding tert-OH is 3. The SMILES string of the molecule is COc1cc(C2Oc3cc(O)cc(O)c3C=C2OC2OC(C)C(O)C(O)C2O)cc(O)c1O. The first kappa shape index (κ1) is 22.8. The van der Waals surface area contributed by atoms with Crippen molar-refractivity contribution in [2.75, 3.05) is 7.11 Å². The number of aliphatic hydroxyl groups is 3. The van der Waals surface area contributed by atoms with Crippen LogP contribution in [0.1, 0.15) is 24.2 Å². The average Bonchev–Trinajstić information content (AvgIpc) is 2.77. The van der Waals surface area contributed by atoms with Crippen molar-refractivity contribution in [3.63, 3.8) is 0 Å². The van der Waals surface area contributed by atoms with Crippen molar-refractivity contribution in [2.45, 2.75) is 43.7 Å². The lowest BCUT2D eigenvalue weighted by Gasteiger charge is -2.40. The second-order valence-corrected chi connectivity index (χ2v) is 7.81. The lowest BCUT2D eigenvalue weighted by molar-refractivity contribution is -0.285. The van der Waals surface area contributed by atoms with Gasteiger partial charge >= 0.3 is 0 Å². The summed E-state index contributed by atoms with van der Waals surface area (Å²) in [5, 5.41) is 70.6. The molecule has 0 aromatic heterocycles. The normalized spacial score (nSPS) is 28.9. The smallest absolute Gasteiger partial charge is 0.228 e. The molecule has 0 amide bonds. The standard InChI is InChI=1S/C22H24O11/c1-8-17(26)19(28)20(29)22(31-8)33-16-7-11-12(24)5-10(23)6-14(11)32-21(16)9-3-13(25)18(27)15(4-9)30-2/h3-8,17,19-29H,1-2H3. The fourth-order valence-electron chi connectivity index (χ4n) is 3.74. The maximum absolute atomic E-state index is 10.4. The van der Waals surface area contributed by atoms with Crippen molar-refractivity contribution in [2.24, 2.45) is 0 Å². The highest BCUT2D eigenvalue weighted by molar-refractivity contribution is 5.70. The molecule has 7 N–H and O–H groups in total. The van der Waals surface area contributed by atoms with Crippen molar-refractivity contribution >= 4 is 6.08 Å². The van der Waals surface area contributed by atoms with Crippen LogP contribution >= 0.6 is 0 Å². The number of rotatable bonds is 4. The molecule has 0 spiro atoms. The van der Waals surface area contributed by atoms with Crippen molar-refractivity contribution in [3.8, 4) is 34.5 Å². The third kappa shape index (κ3) is 4.07. The molecular weight excluding hydrogens is 440 g/mol. The van der Waals surface area contributed by atoms with E-state index in [1.54, 1.807) is 0 Å². The van der Waals surface area contributed by atoms with Gasteiger partial charge in [0.1, 0.15) is 41.3 Å². The van der Waals surface area contributed by atoms with Gasteiger partial charge in [0.25, 0.3) is 0 Å². The van der Waals surface area contributed by atoms with E-state index in [2.05, 4.69) is 0 Å². The number of fused-ring (bicyclic) bond motifs is 1. The first-order chi connectivity index (χ1) is 15.6. The van der Waals surface area contributed by atoms with Crippen LogP contribution in [0.25, 0.3) is 6.08 Å². The summed E-state index contributed by atoms with van der Waals surface area (Å²) < 4.78 is 22.3. The molecule has 2 aliphatic rings. The van der Waals surface area contributed by atoms with E-state index < -0.39 is 48.3 Å². The molecule has 1 saturated heterocycles. The summed E-state index contributed by atoms with van der Waals surface area (Å²) in [4.78, 5) is 0. The largest absolute Gasteiger partial charge is 0.508 e. The summed E-state index contributed by atoms with van der Waals surface area (Å²) >= 11 is 0. The van der Waals surface area contributed by atoms with Crippen LogP contribution in [0.5, 0.6) is 34.5 Å². The molecule has 1 fully saturated rings. The number of aromatic hydroxyl groups is 4. The van der Waals surface area contributed by atoms with Gasteiger partial charge in [-0.25, -0.2) is 0 Å². The number of ether oxygens (including phenoxy) is 4. The summed E-state index contributed by atoms with van der Waals surface area (Å²) in [5.41, 5.74) is 0.411. The fraction of sp³-hybridized carbons (Fsp3) is 0.364. The molecule has 0 bridgehead atoms. The first-order valence-corrected chi connectivity index (χ1v) is 10.0. The Labute approximate surface area is 187 Å². The van der Waals surface area contributed by atoms with Gasteiger partial charge in [-0.1, -0.05) is 0 Å². The highest BCUT2D eigenvalue weighted by atomic mass is 16.7. The van der Waals surface area contributed by atoms with E-state index in [9.17, 15) is 35.7 Å². The Kier molecular flexibility index (Phi) is 5.89. The molecule has 0 aliphatic carbocycles. The van der Waals surface area contributed by atoms with Crippen molar-refractivity contribution in [3.05, 3.63) is 41.2 Å². The van der Waals surface area contributed by atoms with E-state index in [1.807, 2.05) is 0 Å². The predicted molar refractivity (Wildman–Crippen MR) is 111 cm³/mol. The number of phenols is 4. The molecule has 33 heavy (non-hydrogen) atoms. The molecular formula is C22H24O11. The molecule has 0 saturated carbocycles. The zero-order valence-electron chi connectivity index (χ0n) is 17.6. The van der Waals surface area contributed by atoms with Crippen LogP contribution in [-0.4, -0.2) is 73.6 Å². The van der Waals surface area contributed by atoms with E-state index >= 15 is 0 Å². The minimum Gasteiger partial charge on any atom is -0.508 e. The second-order valence-electron chi connectivity index (χ2n) is 7.81. The molecule has 6 atom stereocenters. The van der Waals surface area contributed by atoms with E-state index in [0.29, 0.717) is 0 Å². The lowest BCUT2D eigenvalue weighted by atomic mass is 9.98. The van der Waals surface area contributed by atoms with Crippen LogP contribution in [0.4, 0.5) is 0 Å². The third-order valence-corrected chi connectivity index (χ3v) is 5.56. The predicted octanol–water partition coefficient (Wildman–Crippen LogP) is 0.836. The van der Waals surface area contributed by atoms with Crippen molar-refractivity contribution in [1.82, 2.24) is 0 Å². The van der Waals surface area contributed by atoms with E-state index in [-0.39, 0.29) is 39.9 Å². The Hall–Kier alpha value is -3.38. The van der Waals surface area contributed by atoms with Crippen LogP contribution in [0, 0.1) is 0 Å². The van der Waals surface area contributed by atoms with Crippen molar-refractivity contribution < 1.29 is 54.7 Å². The van der Waals surface area contributed by atoms with Crippen LogP contribution in [0.2, 0.25) is 0 Å². The second kappa shape index (κ2) is 8.52. The topological polar surface area (TPSA) is 179 Å². The van der Waals surface area contributed by atoms with Gasteiger partial charge in [-0.2, -0.15) is 0 Å². The maximum Gasteiger partial charge on any atom is 0.228 e. The molecule has 2 aromatic rings. The van der Waals surface area contributed by atoms with Gasteiger partial charge in [0, 0.05) is 17.7 Å². The number of benzene rings is 2. The van der Waals surface area contributed by atoms with Gasteiger partial charge in [-0.15, -0.1) is 0 Å². The fourth-order valence-corrected chi connectivity index (χ4v) is 3.74. The van der Waals surface area contributed by atoms with Crippen molar-refractivity contribution in [1.29, 1.82) is 0 Å². The quantitative estimate of drug-likeness (QED) is 0.319. The molecule has 178 valence electrons. The highest BCUT2D eigenvalue weighted by Gasteiger charge is 2.44. The van der Waals surface area contributed by atoms with Gasteiger partial charge in [-0.05, 0) is 25.1 Å². The minimum atomic E-state index is -1.62. The summed E-state index contributed by atoms with van der Waals surface area (Å²) in [6.07, 6.45) is -6.51. The van der Waals surface area contributed by atoms with Gasteiger partial charge in [-0.3, -0.25) is 0 Å². The molecule has 2 aromatic carbocycles. The van der Waals surface area contributed by atoms with Gasteiger partial charge < -0.3 is 54.7 Å².